The molecule has 8 heavy (non-hydrogen) atoms. The van der Waals surface area contributed by atoms with Crippen molar-refractivity contribution in [2.45, 2.75) is 6.92 Å². The highest BCUT2D eigenvalue weighted by molar-refractivity contribution is 4.60. The molecule has 0 aromatic rings. The van der Waals surface area contributed by atoms with E-state index < -0.39 is 0 Å². The van der Waals surface area contributed by atoms with Crippen LogP contribution in [0.1, 0.15) is 6.92 Å². The Hall–Kier alpha value is -0.500. The monoisotopic (exact) mass is 116 g/mol. The maximum absolute atomic E-state index is 9.12. The predicted octanol–water partition coefficient (Wildman–Crippen LogP) is 1.13. The second-order valence-corrected chi connectivity index (χ2v) is 1.81. The quantitative estimate of drug-likeness (QED) is 0.435. The molecule has 0 saturated heterocycles. The van der Waals surface area contributed by atoms with Crippen LogP contribution >= 0.6 is 0 Å². The molecule has 0 aliphatic rings. The molecule has 0 aliphatic heterocycles. The lowest BCUT2D eigenvalue weighted by Crippen LogP contribution is -1.99. The molecule has 0 saturated carbocycles. The van der Waals surface area contributed by atoms with Gasteiger partial charge in [0.2, 0.25) is 0 Å². The Morgan fingerprint density at radius 3 is 1.38 bits per heavy atom. The SMILES string of the molecule is CC=C[O].CN(C)C. The molecule has 49 valence electrons. The summed E-state index contributed by atoms with van der Waals surface area (Å²) in [4.78, 5) is 2.00. The van der Waals surface area contributed by atoms with Crippen LogP contribution < -0.4 is 0 Å². The summed E-state index contributed by atoms with van der Waals surface area (Å²) >= 11 is 0. The zero-order chi connectivity index (χ0) is 6.99. The first-order chi connectivity index (χ1) is 3.65. The van der Waals surface area contributed by atoms with Gasteiger partial charge < -0.3 is 4.90 Å². The lowest BCUT2D eigenvalue weighted by Gasteiger charge is -1.90. The van der Waals surface area contributed by atoms with Crippen molar-refractivity contribution >= 4 is 0 Å². The molecule has 0 amide bonds. The number of nitrogens with zero attached hydrogens (tertiary/aromatic N) is 1. The second-order valence-electron chi connectivity index (χ2n) is 1.81. The Morgan fingerprint density at radius 1 is 1.25 bits per heavy atom. The van der Waals surface area contributed by atoms with E-state index in [1.165, 1.54) is 6.08 Å². The maximum atomic E-state index is 9.12. The van der Waals surface area contributed by atoms with Crippen molar-refractivity contribution in [3.05, 3.63) is 12.3 Å². The van der Waals surface area contributed by atoms with Crippen LogP contribution in [-0.4, -0.2) is 26.0 Å². The van der Waals surface area contributed by atoms with Gasteiger partial charge in [-0.1, -0.05) is 0 Å². The highest BCUT2D eigenvalue weighted by Gasteiger charge is 1.58. The molecule has 0 fully saturated rings. The van der Waals surface area contributed by atoms with Crippen LogP contribution in [-0.2, 0) is 5.11 Å². The van der Waals surface area contributed by atoms with Gasteiger partial charge in [-0.05, 0) is 34.1 Å². The minimum atomic E-state index is 0.750. The fourth-order valence-corrected chi connectivity index (χ4v) is 0. The Labute approximate surface area is 51.4 Å². The average Bonchev–Trinajstić information content (AvgIpc) is 1.65. The fraction of sp³-hybridized carbons (Fsp3) is 0.667. The third kappa shape index (κ3) is 446. The normalized spacial score (nSPS) is 9.12. The molecule has 2 heteroatoms. The Balaban J connectivity index is 0. The Bertz CT molecular complexity index is 43.7. The van der Waals surface area contributed by atoms with Crippen molar-refractivity contribution in [1.29, 1.82) is 0 Å². The lowest BCUT2D eigenvalue weighted by atomic mass is 10.8. The van der Waals surface area contributed by atoms with Crippen LogP contribution in [0.4, 0.5) is 0 Å². The van der Waals surface area contributed by atoms with Crippen molar-refractivity contribution in [2.24, 2.45) is 0 Å². The van der Waals surface area contributed by atoms with E-state index >= 15 is 0 Å². The van der Waals surface area contributed by atoms with Crippen LogP contribution in [0, 0.1) is 0 Å². The first-order valence-electron chi connectivity index (χ1n) is 2.49. The van der Waals surface area contributed by atoms with Gasteiger partial charge in [-0.15, -0.1) is 0 Å². The molecule has 0 atom stereocenters. The van der Waals surface area contributed by atoms with Crippen molar-refractivity contribution in [1.82, 2.24) is 4.90 Å². The van der Waals surface area contributed by atoms with Crippen LogP contribution in [0.15, 0.2) is 12.3 Å². The summed E-state index contributed by atoms with van der Waals surface area (Å²) in [6.07, 6.45) is 2.19. The number of hydrogen-bond donors (Lipinski definition) is 0. The molecule has 1 radical (unpaired) electrons. The third-order valence-electron chi connectivity index (χ3n) is 0.136. The summed E-state index contributed by atoms with van der Waals surface area (Å²) in [7, 11) is 6.00. The zero-order valence-electron chi connectivity index (χ0n) is 6.01. The van der Waals surface area contributed by atoms with Crippen LogP contribution in [0.25, 0.3) is 0 Å². The van der Waals surface area contributed by atoms with Crippen LogP contribution in [0.3, 0.4) is 0 Å². The van der Waals surface area contributed by atoms with Crippen LogP contribution in [0.5, 0.6) is 0 Å². The first-order valence-corrected chi connectivity index (χ1v) is 2.49. The molecule has 0 aliphatic carbocycles. The molecule has 0 N–H and O–H groups in total. The largest absolute Gasteiger partial charge is 0.312 e. The molecule has 0 rings (SSSR count). The average molecular weight is 116 g/mol. The van der Waals surface area contributed by atoms with Crippen molar-refractivity contribution < 1.29 is 5.11 Å². The van der Waals surface area contributed by atoms with E-state index in [1.807, 2.05) is 26.0 Å². The second kappa shape index (κ2) is 9.71. The van der Waals surface area contributed by atoms with E-state index in [2.05, 4.69) is 0 Å². The number of allylic oxidation sites excluding steroid dienone is 1. The van der Waals surface area contributed by atoms with Gasteiger partial charge >= 0.3 is 0 Å². The number of hydrogen-bond acceptors (Lipinski definition) is 1. The molecule has 0 unspecified atom stereocenters. The standard InChI is InChI=1S/C3H9N.C3H5O/c1-4(2)3;1-2-3-4/h1-3H3;2-3H,1H3. The van der Waals surface area contributed by atoms with Gasteiger partial charge in [0, 0.05) is 0 Å². The van der Waals surface area contributed by atoms with E-state index in [4.69, 9.17) is 5.11 Å². The Morgan fingerprint density at radius 2 is 1.38 bits per heavy atom. The molecule has 0 aromatic heterocycles. The molecule has 0 heterocycles. The summed E-state index contributed by atoms with van der Waals surface area (Å²) < 4.78 is 0. The summed E-state index contributed by atoms with van der Waals surface area (Å²) in [5.74, 6) is 0. The van der Waals surface area contributed by atoms with Crippen molar-refractivity contribution in [3.8, 4) is 0 Å². The van der Waals surface area contributed by atoms with E-state index in [1.54, 1.807) is 6.92 Å². The van der Waals surface area contributed by atoms with E-state index in [-0.39, 0.29) is 0 Å². The highest BCUT2D eigenvalue weighted by Crippen LogP contribution is 1.53. The van der Waals surface area contributed by atoms with Gasteiger partial charge in [-0.25, -0.2) is 0 Å². The van der Waals surface area contributed by atoms with E-state index in [9.17, 15) is 0 Å². The lowest BCUT2D eigenvalue weighted by molar-refractivity contribution is 0.351. The molecular weight excluding hydrogens is 102 g/mol. The Kier molecular flexibility index (Phi) is 12.7. The summed E-state index contributed by atoms with van der Waals surface area (Å²) in [5.41, 5.74) is 0. The van der Waals surface area contributed by atoms with Gasteiger partial charge in [0.1, 0.15) is 6.26 Å². The topological polar surface area (TPSA) is 23.1 Å². The molecule has 0 aromatic carbocycles. The van der Waals surface area contributed by atoms with Gasteiger partial charge in [0.25, 0.3) is 0 Å². The highest BCUT2D eigenvalue weighted by atomic mass is 16.2. The smallest absolute Gasteiger partial charge is 0.138 e. The minimum Gasteiger partial charge on any atom is -0.312 e. The third-order valence-corrected chi connectivity index (χ3v) is 0.136. The number of rotatable bonds is 0. The molecular formula is C6H14NO. The van der Waals surface area contributed by atoms with Crippen molar-refractivity contribution in [3.63, 3.8) is 0 Å². The summed E-state index contributed by atoms with van der Waals surface area (Å²) in [6, 6.07) is 0. The van der Waals surface area contributed by atoms with E-state index in [0.29, 0.717) is 0 Å². The van der Waals surface area contributed by atoms with Crippen LogP contribution in [0.2, 0.25) is 0 Å². The molecule has 0 spiro atoms. The first kappa shape index (κ1) is 10.5. The molecule has 0 bridgehead atoms. The zero-order valence-corrected chi connectivity index (χ0v) is 6.01. The fourth-order valence-electron chi connectivity index (χ4n) is 0. The summed E-state index contributed by atoms with van der Waals surface area (Å²) in [5, 5.41) is 9.12. The predicted molar refractivity (Wildman–Crippen MR) is 35.1 cm³/mol. The summed E-state index contributed by atoms with van der Waals surface area (Å²) in [6.45, 7) is 1.69. The van der Waals surface area contributed by atoms with Crippen molar-refractivity contribution in [2.75, 3.05) is 21.1 Å². The van der Waals surface area contributed by atoms with Gasteiger partial charge in [-0.3, -0.25) is 5.11 Å². The molecule has 2 nitrogen and oxygen atoms in total. The maximum Gasteiger partial charge on any atom is 0.138 e. The van der Waals surface area contributed by atoms with Gasteiger partial charge in [0.05, 0.1) is 0 Å². The minimum absolute atomic E-state index is 0.750. The van der Waals surface area contributed by atoms with Gasteiger partial charge in [-0.2, -0.15) is 0 Å². The van der Waals surface area contributed by atoms with E-state index in [0.717, 1.165) is 6.26 Å². The van der Waals surface area contributed by atoms with Gasteiger partial charge in [0.15, 0.2) is 0 Å².